The lowest BCUT2D eigenvalue weighted by Gasteiger charge is -2.27. The van der Waals surface area contributed by atoms with E-state index < -0.39 is 0 Å². The molecule has 2 aromatic heterocycles. The van der Waals surface area contributed by atoms with E-state index in [1.165, 1.54) is 65.6 Å². The highest BCUT2D eigenvalue weighted by atomic mass is 16.3. The molecule has 59 heavy (non-hydrogen) atoms. The maximum atomic E-state index is 6.49. The third kappa shape index (κ3) is 5.36. The second-order valence-corrected chi connectivity index (χ2v) is 15.3. The molecule has 2 heterocycles. The van der Waals surface area contributed by atoms with Gasteiger partial charge in [-0.3, -0.25) is 0 Å². The monoisotopic (exact) mass is 752 g/mol. The summed E-state index contributed by atoms with van der Waals surface area (Å²) in [7, 11) is 0. The first kappa shape index (κ1) is 33.3. The summed E-state index contributed by atoms with van der Waals surface area (Å²) in [6.07, 6.45) is 0. The maximum absolute atomic E-state index is 6.49. The van der Waals surface area contributed by atoms with Gasteiger partial charge in [0.1, 0.15) is 11.2 Å². The van der Waals surface area contributed by atoms with E-state index >= 15 is 0 Å². The van der Waals surface area contributed by atoms with Crippen LogP contribution in [0.1, 0.15) is 0 Å². The van der Waals surface area contributed by atoms with Crippen LogP contribution in [0.15, 0.2) is 223 Å². The molecule has 0 amide bonds. The minimum atomic E-state index is 0.864. The molecule has 3 nitrogen and oxygen atoms in total. The van der Waals surface area contributed by atoms with Crippen LogP contribution in [0.25, 0.3) is 93.2 Å². The molecule has 276 valence electrons. The van der Waals surface area contributed by atoms with Crippen molar-refractivity contribution in [2.24, 2.45) is 0 Å². The van der Waals surface area contributed by atoms with E-state index in [4.69, 9.17) is 4.42 Å². The lowest BCUT2D eigenvalue weighted by molar-refractivity contribution is 0.669. The van der Waals surface area contributed by atoms with Gasteiger partial charge in [0.2, 0.25) is 0 Å². The summed E-state index contributed by atoms with van der Waals surface area (Å²) in [6.45, 7) is 0. The van der Waals surface area contributed by atoms with Crippen LogP contribution in [0, 0.1) is 0 Å². The number of para-hydroxylation sites is 3. The summed E-state index contributed by atoms with van der Waals surface area (Å²) in [5.41, 5.74) is 13.3. The quantitative estimate of drug-likeness (QED) is 0.169. The van der Waals surface area contributed by atoms with Crippen LogP contribution in [0.5, 0.6) is 0 Å². The van der Waals surface area contributed by atoms with Crippen LogP contribution < -0.4 is 4.90 Å². The molecule has 0 saturated carbocycles. The third-order valence-electron chi connectivity index (χ3n) is 12.0. The summed E-state index contributed by atoms with van der Waals surface area (Å²) < 4.78 is 8.88. The molecule has 0 fully saturated rings. The van der Waals surface area contributed by atoms with Crippen molar-refractivity contribution in [3.8, 4) is 27.9 Å². The number of hydrogen-bond donors (Lipinski definition) is 0. The summed E-state index contributed by atoms with van der Waals surface area (Å²) in [5, 5.41) is 9.51. The van der Waals surface area contributed by atoms with E-state index in [9.17, 15) is 0 Å². The molecular formula is C56H36N2O. The van der Waals surface area contributed by atoms with Crippen molar-refractivity contribution in [3.63, 3.8) is 0 Å². The predicted molar refractivity (Wildman–Crippen MR) is 249 cm³/mol. The molecule has 0 saturated heterocycles. The number of benzene rings is 10. The Kier molecular flexibility index (Phi) is 7.54. The van der Waals surface area contributed by atoms with Gasteiger partial charge in [-0.25, -0.2) is 0 Å². The number of furan rings is 1. The lowest BCUT2D eigenvalue weighted by atomic mass is 9.91. The first-order chi connectivity index (χ1) is 29.3. The van der Waals surface area contributed by atoms with Crippen molar-refractivity contribution in [2.75, 3.05) is 4.90 Å². The fourth-order valence-corrected chi connectivity index (χ4v) is 9.28. The molecule has 0 bridgehead atoms. The minimum Gasteiger partial charge on any atom is -0.456 e. The van der Waals surface area contributed by atoms with Crippen LogP contribution in [-0.4, -0.2) is 4.57 Å². The van der Waals surface area contributed by atoms with Gasteiger partial charge in [0, 0.05) is 50.1 Å². The zero-order valence-electron chi connectivity index (χ0n) is 32.1. The van der Waals surface area contributed by atoms with E-state index in [1.54, 1.807) is 0 Å². The highest BCUT2D eigenvalue weighted by molar-refractivity contribution is 6.16. The van der Waals surface area contributed by atoms with Crippen molar-refractivity contribution in [1.29, 1.82) is 0 Å². The number of rotatable bonds is 6. The summed E-state index contributed by atoms with van der Waals surface area (Å²) >= 11 is 0. The molecule has 0 spiro atoms. The van der Waals surface area contributed by atoms with E-state index in [0.717, 1.165) is 44.7 Å². The largest absolute Gasteiger partial charge is 0.456 e. The van der Waals surface area contributed by atoms with Crippen LogP contribution >= 0.6 is 0 Å². The first-order valence-corrected chi connectivity index (χ1v) is 20.2. The van der Waals surface area contributed by atoms with Crippen molar-refractivity contribution in [3.05, 3.63) is 218 Å². The van der Waals surface area contributed by atoms with Crippen LogP contribution in [0.4, 0.5) is 17.1 Å². The molecule has 0 N–H and O–H groups in total. The number of nitrogens with zero attached hydrogens (tertiary/aromatic N) is 2. The van der Waals surface area contributed by atoms with Crippen molar-refractivity contribution in [1.82, 2.24) is 4.57 Å². The van der Waals surface area contributed by atoms with E-state index in [2.05, 4.69) is 216 Å². The summed E-state index contributed by atoms with van der Waals surface area (Å²) in [4.78, 5) is 2.39. The fourth-order valence-electron chi connectivity index (χ4n) is 9.28. The Morgan fingerprint density at radius 1 is 0.356 bits per heavy atom. The van der Waals surface area contributed by atoms with E-state index in [-0.39, 0.29) is 0 Å². The molecule has 0 radical (unpaired) electrons. The predicted octanol–water partition coefficient (Wildman–Crippen LogP) is 15.8. The molecule has 10 aromatic carbocycles. The topological polar surface area (TPSA) is 21.3 Å². The van der Waals surface area contributed by atoms with Gasteiger partial charge in [-0.2, -0.15) is 0 Å². The standard InChI is InChI=1S/C56H36N2O/c1-3-14-37(15-4-1)44-23-11-16-39-17-12-24-45(56(39)44)38-28-30-42(31-29-38)57(43-32-33-48-47-22-8-10-27-54(47)59-55(48)35-43)52-26-13-18-40-34-53-50(36-49(40)52)46-21-7-9-25-51(46)58(53)41-19-5-2-6-20-41/h1-36H. The van der Waals surface area contributed by atoms with Gasteiger partial charge in [-0.1, -0.05) is 146 Å². The van der Waals surface area contributed by atoms with Gasteiger partial charge in [-0.05, 0) is 105 Å². The molecule has 12 aromatic rings. The third-order valence-corrected chi connectivity index (χ3v) is 12.0. The van der Waals surface area contributed by atoms with E-state index in [1.807, 2.05) is 12.1 Å². The molecular weight excluding hydrogens is 717 g/mol. The van der Waals surface area contributed by atoms with Crippen molar-refractivity contribution in [2.45, 2.75) is 0 Å². The summed E-state index contributed by atoms with van der Waals surface area (Å²) in [6, 6.07) is 78.8. The Hall–Kier alpha value is -7.88. The van der Waals surface area contributed by atoms with Crippen molar-refractivity contribution >= 4 is 82.4 Å². The Bertz CT molecular complexity index is 3540. The van der Waals surface area contributed by atoms with Crippen LogP contribution in [-0.2, 0) is 0 Å². The van der Waals surface area contributed by atoms with Crippen LogP contribution in [0.3, 0.4) is 0 Å². The highest BCUT2D eigenvalue weighted by Crippen LogP contribution is 2.45. The first-order valence-electron chi connectivity index (χ1n) is 20.2. The normalized spacial score (nSPS) is 11.7. The van der Waals surface area contributed by atoms with Gasteiger partial charge in [0.25, 0.3) is 0 Å². The fraction of sp³-hybridized carbons (Fsp3) is 0. The zero-order valence-corrected chi connectivity index (χ0v) is 32.1. The Labute approximate surface area is 341 Å². The van der Waals surface area contributed by atoms with Gasteiger partial charge in [0.15, 0.2) is 0 Å². The SMILES string of the molecule is c1ccc(-c2cccc3cccc(-c4ccc(N(c5ccc6c(c5)oc5ccccc56)c5cccc6cc7c(cc56)c5ccccc5n7-c5ccccc5)cc4)c23)cc1. The Morgan fingerprint density at radius 3 is 1.78 bits per heavy atom. The number of anilines is 3. The maximum Gasteiger partial charge on any atom is 0.137 e. The highest BCUT2D eigenvalue weighted by Gasteiger charge is 2.21. The molecule has 3 heteroatoms. The minimum absolute atomic E-state index is 0.864. The van der Waals surface area contributed by atoms with Gasteiger partial charge >= 0.3 is 0 Å². The van der Waals surface area contributed by atoms with Gasteiger partial charge < -0.3 is 13.9 Å². The van der Waals surface area contributed by atoms with Gasteiger partial charge in [0.05, 0.1) is 16.7 Å². The van der Waals surface area contributed by atoms with Crippen LogP contribution in [0.2, 0.25) is 0 Å². The number of fused-ring (bicyclic) bond motifs is 8. The zero-order chi connectivity index (χ0) is 38.9. The molecule has 12 rings (SSSR count). The average Bonchev–Trinajstić information content (AvgIpc) is 3.84. The molecule has 0 aliphatic heterocycles. The Balaban J connectivity index is 1.07. The Morgan fingerprint density at radius 2 is 0.983 bits per heavy atom. The molecule has 0 aliphatic rings. The number of hydrogen-bond acceptors (Lipinski definition) is 2. The molecule has 0 unspecified atom stereocenters. The second-order valence-electron chi connectivity index (χ2n) is 15.3. The van der Waals surface area contributed by atoms with Crippen molar-refractivity contribution < 1.29 is 4.42 Å². The van der Waals surface area contributed by atoms with E-state index in [0.29, 0.717) is 0 Å². The lowest BCUT2D eigenvalue weighted by Crippen LogP contribution is -2.10. The summed E-state index contributed by atoms with van der Waals surface area (Å²) in [5.74, 6) is 0. The number of aromatic nitrogens is 1. The average molecular weight is 753 g/mol. The second kappa shape index (κ2) is 13.4. The smallest absolute Gasteiger partial charge is 0.137 e. The van der Waals surface area contributed by atoms with Gasteiger partial charge in [-0.15, -0.1) is 0 Å². The molecule has 0 aliphatic carbocycles. The molecule has 0 atom stereocenters.